The highest BCUT2D eigenvalue weighted by Crippen LogP contribution is 2.42. The van der Waals surface area contributed by atoms with Gasteiger partial charge in [-0.05, 0) is 57.4 Å². The maximum Gasteiger partial charge on any atom is 0.410 e. The van der Waals surface area contributed by atoms with Crippen LogP contribution in [-0.2, 0) is 11.3 Å². The third kappa shape index (κ3) is 4.97. The number of amides is 1. The zero-order valence-electron chi connectivity index (χ0n) is 18.5. The Balaban J connectivity index is 1.28. The van der Waals surface area contributed by atoms with Gasteiger partial charge in [-0.1, -0.05) is 30.3 Å². The lowest BCUT2D eigenvalue weighted by atomic mass is 9.71. The maximum absolute atomic E-state index is 12.3. The number of piperidine rings is 2. The number of anilines is 1. The van der Waals surface area contributed by atoms with E-state index < -0.39 is 5.60 Å². The summed E-state index contributed by atoms with van der Waals surface area (Å²) < 4.78 is 7.56. The normalized spacial score (nSPS) is 19.2. The molecule has 0 aliphatic carbocycles. The summed E-state index contributed by atoms with van der Waals surface area (Å²) in [5, 5.41) is 4.57. The zero-order chi connectivity index (χ0) is 21.2. The summed E-state index contributed by atoms with van der Waals surface area (Å²) in [4.78, 5) is 16.7. The molecule has 1 aromatic carbocycles. The van der Waals surface area contributed by atoms with E-state index in [1.165, 1.54) is 24.1 Å². The lowest BCUT2D eigenvalue weighted by Gasteiger charge is -2.47. The van der Waals surface area contributed by atoms with Gasteiger partial charge in [0.25, 0.3) is 0 Å². The summed E-state index contributed by atoms with van der Waals surface area (Å²) >= 11 is 0. The quantitative estimate of drug-likeness (QED) is 0.745. The summed E-state index contributed by atoms with van der Waals surface area (Å²) in [6, 6.07) is 10.4. The minimum Gasteiger partial charge on any atom is -0.444 e. The second kappa shape index (κ2) is 8.32. The Kier molecular flexibility index (Phi) is 5.76. The molecule has 162 valence electrons. The van der Waals surface area contributed by atoms with Crippen LogP contribution in [0.5, 0.6) is 0 Å². The molecule has 6 nitrogen and oxygen atoms in total. The Hall–Kier alpha value is -2.50. The molecule has 2 fully saturated rings. The van der Waals surface area contributed by atoms with Gasteiger partial charge >= 0.3 is 6.09 Å². The number of hydrogen-bond acceptors (Lipinski definition) is 4. The molecule has 30 heavy (non-hydrogen) atoms. The van der Waals surface area contributed by atoms with E-state index in [2.05, 4.69) is 40.5 Å². The number of rotatable bonds is 3. The SMILES string of the molecule is CC(C)(C)OC(=O)N1CCC2(CC1)CCN(c1cnn(Cc3ccccc3)c1)CC2. The van der Waals surface area contributed by atoms with Crippen molar-refractivity contribution in [2.75, 3.05) is 31.1 Å². The van der Waals surface area contributed by atoms with Crippen LogP contribution in [0.25, 0.3) is 0 Å². The van der Waals surface area contributed by atoms with Gasteiger partial charge in [0.15, 0.2) is 0 Å². The molecule has 0 atom stereocenters. The third-order valence-electron chi connectivity index (χ3n) is 6.47. The zero-order valence-corrected chi connectivity index (χ0v) is 18.5. The summed E-state index contributed by atoms with van der Waals surface area (Å²) in [7, 11) is 0. The van der Waals surface area contributed by atoms with Crippen LogP contribution < -0.4 is 4.90 Å². The summed E-state index contributed by atoms with van der Waals surface area (Å²) in [5.41, 5.74) is 2.42. The fourth-order valence-electron chi connectivity index (χ4n) is 4.60. The van der Waals surface area contributed by atoms with Crippen LogP contribution in [0.3, 0.4) is 0 Å². The van der Waals surface area contributed by atoms with E-state index in [0.29, 0.717) is 5.41 Å². The van der Waals surface area contributed by atoms with Crippen molar-refractivity contribution in [3.05, 3.63) is 48.3 Å². The molecule has 1 spiro atoms. The third-order valence-corrected chi connectivity index (χ3v) is 6.47. The van der Waals surface area contributed by atoms with E-state index in [1.54, 1.807) is 0 Å². The monoisotopic (exact) mass is 410 g/mol. The molecule has 1 amide bonds. The maximum atomic E-state index is 12.3. The molecule has 2 aliphatic heterocycles. The molecule has 2 aromatic rings. The van der Waals surface area contributed by atoms with Crippen LogP contribution in [0.15, 0.2) is 42.7 Å². The van der Waals surface area contributed by atoms with Crippen LogP contribution in [0, 0.1) is 5.41 Å². The highest BCUT2D eigenvalue weighted by molar-refractivity contribution is 5.68. The number of ether oxygens (including phenoxy) is 1. The van der Waals surface area contributed by atoms with Gasteiger partial charge in [-0.2, -0.15) is 5.10 Å². The van der Waals surface area contributed by atoms with Gasteiger partial charge in [0, 0.05) is 32.4 Å². The van der Waals surface area contributed by atoms with Gasteiger partial charge in [-0.3, -0.25) is 4.68 Å². The second-order valence-electron chi connectivity index (χ2n) is 9.84. The standard InChI is InChI=1S/C24H34N4O2/c1-23(2,3)30-22(29)27-15-11-24(12-16-27)9-13-26(14-10-24)21-17-25-28(19-21)18-20-7-5-4-6-8-20/h4-8,17,19H,9-16,18H2,1-3H3. The van der Waals surface area contributed by atoms with Crippen molar-refractivity contribution in [1.82, 2.24) is 14.7 Å². The molecule has 3 heterocycles. The molecule has 0 radical (unpaired) electrons. The average molecular weight is 411 g/mol. The number of nitrogens with zero attached hydrogens (tertiary/aromatic N) is 4. The summed E-state index contributed by atoms with van der Waals surface area (Å²) in [6.07, 6.45) is 8.50. The van der Waals surface area contributed by atoms with Crippen LogP contribution in [0.1, 0.15) is 52.0 Å². The number of benzene rings is 1. The minimum absolute atomic E-state index is 0.166. The summed E-state index contributed by atoms with van der Waals surface area (Å²) in [6.45, 7) is 10.3. The van der Waals surface area contributed by atoms with E-state index in [0.717, 1.165) is 45.6 Å². The number of hydrogen-bond donors (Lipinski definition) is 0. The highest BCUT2D eigenvalue weighted by atomic mass is 16.6. The van der Waals surface area contributed by atoms with Crippen molar-refractivity contribution in [3.8, 4) is 0 Å². The van der Waals surface area contributed by atoms with Crippen molar-refractivity contribution >= 4 is 11.8 Å². The first-order chi connectivity index (χ1) is 14.3. The Morgan fingerprint density at radius 2 is 1.67 bits per heavy atom. The van der Waals surface area contributed by atoms with Gasteiger partial charge in [0.2, 0.25) is 0 Å². The van der Waals surface area contributed by atoms with Crippen LogP contribution in [-0.4, -0.2) is 52.6 Å². The lowest BCUT2D eigenvalue weighted by molar-refractivity contribution is 0.00666. The predicted molar refractivity (Wildman–Crippen MR) is 119 cm³/mol. The fraction of sp³-hybridized carbons (Fsp3) is 0.583. The van der Waals surface area contributed by atoms with Gasteiger partial charge in [-0.25, -0.2) is 4.79 Å². The Morgan fingerprint density at radius 1 is 1.03 bits per heavy atom. The predicted octanol–water partition coefficient (Wildman–Crippen LogP) is 4.55. The van der Waals surface area contributed by atoms with Gasteiger partial charge < -0.3 is 14.5 Å². The lowest BCUT2D eigenvalue weighted by Crippen LogP contribution is -2.49. The molecule has 0 saturated carbocycles. The first-order valence-electron chi connectivity index (χ1n) is 11.1. The minimum atomic E-state index is -0.428. The molecule has 0 unspecified atom stereocenters. The van der Waals surface area contributed by atoms with Crippen molar-refractivity contribution in [3.63, 3.8) is 0 Å². The van der Waals surface area contributed by atoms with Crippen molar-refractivity contribution in [2.24, 2.45) is 5.41 Å². The molecule has 1 aromatic heterocycles. The van der Waals surface area contributed by atoms with E-state index in [-0.39, 0.29) is 6.09 Å². The Labute approximate surface area is 179 Å². The van der Waals surface area contributed by atoms with Crippen molar-refractivity contribution in [2.45, 2.75) is 58.6 Å². The molecular formula is C24H34N4O2. The van der Waals surface area contributed by atoms with Gasteiger partial charge in [0.05, 0.1) is 18.4 Å². The van der Waals surface area contributed by atoms with E-state index in [9.17, 15) is 4.79 Å². The number of likely N-dealkylation sites (tertiary alicyclic amines) is 1. The largest absolute Gasteiger partial charge is 0.444 e. The second-order valence-corrected chi connectivity index (χ2v) is 9.84. The van der Waals surface area contributed by atoms with Crippen molar-refractivity contribution < 1.29 is 9.53 Å². The van der Waals surface area contributed by atoms with Gasteiger partial charge in [0.1, 0.15) is 5.60 Å². The van der Waals surface area contributed by atoms with Gasteiger partial charge in [-0.15, -0.1) is 0 Å². The molecule has 0 bridgehead atoms. The topological polar surface area (TPSA) is 50.6 Å². The number of carbonyl (C=O) groups excluding carboxylic acids is 1. The van der Waals surface area contributed by atoms with E-state index in [4.69, 9.17) is 4.74 Å². The first kappa shape index (κ1) is 20.8. The molecule has 0 N–H and O–H groups in total. The van der Waals surface area contributed by atoms with Crippen molar-refractivity contribution in [1.29, 1.82) is 0 Å². The number of aromatic nitrogens is 2. The number of carbonyl (C=O) groups is 1. The fourth-order valence-corrected chi connectivity index (χ4v) is 4.60. The van der Waals surface area contributed by atoms with Crippen LogP contribution in [0.4, 0.5) is 10.5 Å². The Morgan fingerprint density at radius 3 is 2.30 bits per heavy atom. The molecule has 2 saturated heterocycles. The molecule has 4 rings (SSSR count). The van der Waals surface area contributed by atoms with E-state index in [1.807, 2.05) is 42.6 Å². The first-order valence-corrected chi connectivity index (χ1v) is 11.1. The highest BCUT2D eigenvalue weighted by Gasteiger charge is 2.39. The molecular weight excluding hydrogens is 376 g/mol. The average Bonchev–Trinajstić information content (AvgIpc) is 3.17. The van der Waals surface area contributed by atoms with Crippen LogP contribution >= 0.6 is 0 Å². The van der Waals surface area contributed by atoms with Crippen LogP contribution in [0.2, 0.25) is 0 Å². The van der Waals surface area contributed by atoms with E-state index >= 15 is 0 Å². The Bertz CT molecular complexity index is 838. The molecule has 6 heteroatoms. The molecule has 2 aliphatic rings. The summed E-state index contributed by atoms with van der Waals surface area (Å²) in [5.74, 6) is 0. The smallest absolute Gasteiger partial charge is 0.410 e.